The first-order valence-electron chi connectivity index (χ1n) is 6.28. The second-order valence-corrected chi connectivity index (χ2v) is 7.52. The van der Waals surface area contributed by atoms with Gasteiger partial charge in [0.05, 0.1) is 10.2 Å². The van der Waals surface area contributed by atoms with Crippen molar-refractivity contribution < 1.29 is 13.2 Å². The van der Waals surface area contributed by atoms with Gasteiger partial charge in [0.25, 0.3) is 0 Å². The van der Waals surface area contributed by atoms with E-state index in [0.29, 0.717) is 31.8 Å². The van der Waals surface area contributed by atoms with Crippen molar-refractivity contribution in [3.8, 4) is 5.88 Å². The number of hydrogen-bond acceptors (Lipinski definition) is 4. The summed E-state index contributed by atoms with van der Waals surface area (Å²) in [6, 6.07) is 3.70. The first kappa shape index (κ1) is 14.7. The summed E-state index contributed by atoms with van der Waals surface area (Å²) in [6.45, 7) is 2.71. The van der Waals surface area contributed by atoms with Gasteiger partial charge in [-0.15, -0.1) is 0 Å². The van der Waals surface area contributed by atoms with E-state index in [0.717, 1.165) is 4.47 Å². The van der Waals surface area contributed by atoms with Crippen LogP contribution in [0, 0.1) is 0 Å². The molecule has 0 N–H and O–H groups in total. The van der Waals surface area contributed by atoms with Gasteiger partial charge in [-0.1, -0.05) is 0 Å². The molecule has 5 nitrogen and oxygen atoms in total. The molecular formula is C12H17BrN2O3S. The third-order valence-electron chi connectivity index (χ3n) is 3.16. The van der Waals surface area contributed by atoms with Gasteiger partial charge < -0.3 is 4.74 Å². The van der Waals surface area contributed by atoms with Crippen molar-refractivity contribution in [3.63, 3.8) is 0 Å². The number of rotatable bonds is 4. The fraction of sp³-hybridized carbons (Fsp3) is 0.583. The van der Waals surface area contributed by atoms with Crippen LogP contribution in [0.5, 0.6) is 5.88 Å². The second kappa shape index (κ2) is 6.19. The van der Waals surface area contributed by atoms with Crippen molar-refractivity contribution in [2.45, 2.75) is 25.9 Å². The van der Waals surface area contributed by atoms with E-state index in [-0.39, 0.29) is 11.9 Å². The van der Waals surface area contributed by atoms with Crippen LogP contribution in [0.15, 0.2) is 22.8 Å². The number of nitrogens with zero attached hydrogens (tertiary/aromatic N) is 2. The van der Waals surface area contributed by atoms with Crippen molar-refractivity contribution in [2.24, 2.45) is 0 Å². The summed E-state index contributed by atoms with van der Waals surface area (Å²) in [7, 11) is -3.07. The van der Waals surface area contributed by atoms with E-state index >= 15 is 0 Å². The van der Waals surface area contributed by atoms with E-state index in [1.165, 1.54) is 0 Å². The highest BCUT2D eigenvalue weighted by Gasteiger charge is 2.27. The lowest BCUT2D eigenvalue weighted by atomic mass is 10.1. The fourth-order valence-electron chi connectivity index (χ4n) is 2.03. The fourth-order valence-corrected chi connectivity index (χ4v) is 3.51. The Kier molecular flexibility index (Phi) is 4.81. The zero-order valence-electron chi connectivity index (χ0n) is 10.8. The molecule has 0 radical (unpaired) electrons. The zero-order chi connectivity index (χ0) is 13.9. The molecule has 0 amide bonds. The predicted molar refractivity (Wildman–Crippen MR) is 76.6 cm³/mol. The smallest absolute Gasteiger partial charge is 0.228 e. The highest BCUT2D eigenvalue weighted by Crippen LogP contribution is 2.25. The quantitative estimate of drug-likeness (QED) is 0.835. The number of aromatic nitrogens is 1. The SMILES string of the molecule is CCS(=O)(=O)N1CCC(Oc2ncccc2Br)CC1. The van der Waals surface area contributed by atoms with Gasteiger partial charge in [-0.2, -0.15) is 0 Å². The Labute approximate surface area is 122 Å². The molecule has 7 heteroatoms. The largest absolute Gasteiger partial charge is 0.473 e. The number of ether oxygens (including phenoxy) is 1. The Morgan fingerprint density at radius 3 is 2.74 bits per heavy atom. The minimum absolute atomic E-state index is 0.0227. The Bertz CT molecular complexity index is 528. The van der Waals surface area contributed by atoms with Gasteiger partial charge in [0.2, 0.25) is 15.9 Å². The summed E-state index contributed by atoms with van der Waals surface area (Å²) in [5.74, 6) is 0.726. The molecule has 0 bridgehead atoms. The molecule has 106 valence electrons. The number of hydrogen-bond donors (Lipinski definition) is 0. The van der Waals surface area contributed by atoms with Crippen molar-refractivity contribution in [1.29, 1.82) is 0 Å². The summed E-state index contributed by atoms with van der Waals surface area (Å²) in [6.07, 6.45) is 3.09. The van der Waals surface area contributed by atoms with Gasteiger partial charge >= 0.3 is 0 Å². The van der Waals surface area contributed by atoms with Crippen LogP contribution in [0.25, 0.3) is 0 Å². The predicted octanol–water partition coefficient (Wildman–Crippen LogP) is 2.04. The van der Waals surface area contributed by atoms with Crippen LogP contribution >= 0.6 is 15.9 Å². The van der Waals surface area contributed by atoms with Crippen molar-refractivity contribution in [3.05, 3.63) is 22.8 Å². The van der Waals surface area contributed by atoms with Crippen molar-refractivity contribution in [2.75, 3.05) is 18.8 Å². The molecule has 2 heterocycles. The molecule has 1 aromatic heterocycles. The highest BCUT2D eigenvalue weighted by atomic mass is 79.9. The average molecular weight is 349 g/mol. The zero-order valence-corrected chi connectivity index (χ0v) is 13.2. The maximum atomic E-state index is 11.7. The molecule has 1 aliphatic rings. The lowest BCUT2D eigenvalue weighted by molar-refractivity contribution is 0.129. The van der Waals surface area contributed by atoms with Gasteiger partial charge in [-0.25, -0.2) is 17.7 Å². The highest BCUT2D eigenvalue weighted by molar-refractivity contribution is 9.10. The van der Waals surface area contributed by atoms with Gasteiger partial charge in [-0.3, -0.25) is 0 Å². The molecule has 1 aliphatic heterocycles. The summed E-state index contributed by atoms with van der Waals surface area (Å²) in [4.78, 5) is 4.16. The Morgan fingerprint density at radius 1 is 1.47 bits per heavy atom. The molecule has 19 heavy (non-hydrogen) atoms. The molecule has 2 rings (SSSR count). The Balaban J connectivity index is 1.93. The van der Waals surface area contributed by atoms with Crippen molar-refractivity contribution in [1.82, 2.24) is 9.29 Å². The molecule has 0 aromatic carbocycles. The lowest BCUT2D eigenvalue weighted by Crippen LogP contribution is -2.42. The molecule has 1 fully saturated rings. The van der Waals surface area contributed by atoms with Crippen LogP contribution in [0.3, 0.4) is 0 Å². The molecule has 1 aromatic rings. The first-order chi connectivity index (χ1) is 9.03. The van der Waals surface area contributed by atoms with Crippen LogP contribution < -0.4 is 4.74 Å². The maximum Gasteiger partial charge on any atom is 0.228 e. The molecule has 0 spiro atoms. The minimum atomic E-state index is -3.07. The number of piperidine rings is 1. The van der Waals surface area contributed by atoms with Gasteiger partial charge in [0.1, 0.15) is 6.10 Å². The minimum Gasteiger partial charge on any atom is -0.473 e. The second-order valence-electron chi connectivity index (χ2n) is 4.41. The van der Waals surface area contributed by atoms with Crippen LogP contribution in [-0.4, -0.2) is 42.7 Å². The van der Waals surface area contributed by atoms with Crippen LogP contribution in [0.2, 0.25) is 0 Å². The van der Waals surface area contributed by atoms with Gasteiger partial charge in [0, 0.05) is 19.3 Å². The van der Waals surface area contributed by atoms with Crippen LogP contribution in [-0.2, 0) is 10.0 Å². The topological polar surface area (TPSA) is 59.5 Å². The number of pyridine rings is 1. The van der Waals surface area contributed by atoms with E-state index in [2.05, 4.69) is 20.9 Å². The third kappa shape index (κ3) is 3.67. The van der Waals surface area contributed by atoms with E-state index in [1.807, 2.05) is 12.1 Å². The first-order valence-corrected chi connectivity index (χ1v) is 8.68. The van der Waals surface area contributed by atoms with Gasteiger partial charge in [0.15, 0.2) is 0 Å². The molecule has 0 aliphatic carbocycles. The van der Waals surface area contributed by atoms with Crippen molar-refractivity contribution >= 4 is 26.0 Å². The van der Waals surface area contributed by atoms with E-state index in [4.69, 9.17) is 4.74 Å². The normalized spacial score (nSPS) is 18.4. The molecule has 0 atom stereocenters. The van der Waals surface area contributed by atoms with E-state index in [9.17, 15) is 8.42 Å². The monoisotopic (exact) mass is 348 g/mol. The molecule has 1 saturated heterocycles. The lowest BCUT2D eigenvalue weighted by Gasteiger charge is -2.31. The summed E-state index contributed by atoms with van der Waals surface area (Å²) < 4.78 is 31.6. The number of sulfonamides is 1. The Hall–Kier alpha value is -0.660. The van der Waals surface area contributed by atoms with Gasteiger partial charge in [-0.05, 0) is 47.8 Å². The molecular weight excluding hydrogens is 332 g/mol. The summed E-state index contributed by atoms with van der Waals surface area (Å²) in [5.41, 5.74) is 0. The maximum absolute atomic E-state index is 11.7. The third-order valence-corrected chi connectivity index (χ3v) is 5.65. The average Bonchev–Trinajstić information content (AvgIpc) is 2.42. The summed E-state index contributed by atoms with van der Waals surface area (Å²) in [5, 5.41) is 0. The number of halogens is 1. The molecule has 0 saturated carbocycles. The van der Waals surface area contributed by atoms with Crippen LogP contribution in [0.1, 0.15) is 19.8 Å². The summed E-state index contributed by atoms with van der Waals surface area (Å²) >= 11 is 3.38. The Morgan fingerprint density at radius 2 is 2.16 bits per heavy atom. The van der Waals surface area contributed by atoms with E-state index in [1.54, 1.807) is 17.4 Å². The standard InChI is InChI=1S/C12H17BrN2O3S/c1-2-19(16,17)15-8-5-10(6-9-15)18-12-11(13)4-3-7-14-12/h3-4,7,10H,2,5-6,8-9H2,1H3. The molecule has 0 unspecified atom stereocenters. The van der Waals surface area contributed by atoms with E-state index < -0.39 is 10.0 Å². The van der Waals surface area contributed by atoms with Crippen LogP contribution in [0.4, 0.5) is 0 Å².